The molecule has 4 heteroatoms. The molecule has 0 saturated heterocycles. The number of ether oxygens (including phenoxy) is 1. The fraction of sp³-hybridized carbons (Fsp3) is 0.857. The molecular formula is C21H34O4. The number of esters is 1. The monoisotopic (exact) mass is 350 g/mol. The number of rotatable bonds is 5. The quantitative estimate of drug-likeness (QED) is 0.551. The molecule has 0 aromatic rings. The topological polar surface area (TPSA) is 60.4 Å². The van der Waals surface area contributed by atoms with Crippen LogP contribution in [0.4, 0.5) is 0 Å². The van der Waals surface area contributed by atoms with Gasteiger partial charge in [-0.05, 0) is 55.8 Å². The number of hydrogen-bond acceptors (Lipinski definition) is 4. The normalized spacial score (nSPS) is 39.3. The van der Waals surface area contributed by atoms with Crippen LogP contribution in [0, 0.1) is 34.5 Å². The lowest BCUT2D eigenvalue weighted by molar-refractivity contribution is -0.170. The van der Waals surface area contributed by atoms with E-state index in [1.807, 2.05) is 6.92 Å². The van der Waals surface area contributed by atoms with E-state index in [2.05, 4.69) is 20.8 Å². The largest absolute Gasteiger partial charge is 0.469 e. The van der Waals surface area contributed by atoms with E-state index in [1.54, 1.807) is 0 Å². The van der Waals surface area contributed by atoms with E-state index < -0.39 is 5.41 Å². The highest BCUT2D eigenvalue weighted by Gasteiger charge is 2.57. The fourth-order valence-corrected chi connectivity index (χ4v) is 5.74. The molecule has 0 aromatic heterocycles. The lowest BCUT2D eigenvalue weighted by Gasteiger charge is -2.54. The van der Waals surface area contributed by atoms with Crippen LogP contribution in [0.3, 0.4) is 0 Å². The van der Waals surface area contributed by atoms with Crippen LogP contribution in [0.15, 0.2) is 0 Å². The highest BCUT2D eigenvalue weighted by Crippen LogP contribution is 2.58. The summed E-state index contributed by atoms with van der Waals surface area (Å²) in [7, 11) is 1.41. The van der Waals surface area contributed by atoms with Gasteiger partial charge in [-0.3, -0.25) is 9.59 Å². The average Bonchev–Trinajstić information content (AvgIpc) is 2.57. The summed E-state index contributed by atoms with van der Waals surface area (Å²) in [6, 6.07) is 0. The SMILES string of the molecule is COC(=O)[C@]1(C)CCCC(C)(C2CCC(C(C)C)CC2=O)C1CC=O. The molecule has 2 fully saturated rings. The zero-order valence-corrected chi connectivity index (χ0v) is 16.5. The van der Waals surface area contributed by atoms with Crippen molar-refractivity contribution >= 4 is 18.0 Å². The van der Waals surface area contributed by atoms with E-state index in [9.17, 15) is 14.4 Å². The maximum Gasteiger partial charge on any atom is 0.311 e. The molecule has 25 heavy (non-hydrogen) atoms. The Kier molecular flexibility index (Phi) is 6.11. The zero-order chi connectivity index (χ0) is 18.8. The van der Waals surface area contributed by atoms with Crippen molar-refractivity contribution in [1.29, 1.82) is 0 Å². The van der Waals surface area contributed by atoms with Gasteiger partial charge in [0.1, 0.15) is 12.1 Å². The lowest BCUT2D eigenvalue weighted by atomic mass is 9.49. The van der Waals surface area contributed by atoms with Crippen molar-refractivity contribution in [1.82, 2.24) is 0 Å². The van der Waals surface area contributed by atoms with E-state index in [0.717, 1.165) is 38.4 Å². The molecule has 0 amide bonds. The molecule has 0 aromatic carbocycles. The van der Waals surface area contributed by atoms with E-state index in [-0.39, 0.29) is 23.2 Å². The van der Waals surface area contributed by atoms with E-state index in [4.69, 9.17) is 4.74 Å². The first-order valence-corrected chi connectivity index (χ1v) is 9.75. The number of methoxy groups -OCH3 is 1. The predicted octanol–water partition coefficient (Wildman–Crippen LogP) is 4.20. The average molecular weight is 350 g/mol. The van der Waals surface area contributed by atoms with Crippen molar-refractivity contribution in [3.63, 3.8) is 0 Å². The third-order valence-electron chi connectivity index (χ3n) is 7.38. The minimum absolute atomic E-state index is 0.0447. The van der Waals surface area contributed by atoms with Gasteiger partial charge in [-0.25, -0.2) is 0 Å². The van der Waals surface area contributed by atoms with Crippen molar-refractivity contribution in [3.05, 3.63) is 0 Å². The van der Waals surface area contributed by atoms with Crippen LogP contribution in [0.2, 0.25) is 0 Å². The van der Waals surface area contributed by atoms with Gasteiger partial charge in [-0.1, -0.05) is 27.2 Å². The van der Waals surface area contributed by atoms with Gasteiger partial charge in [-0.2, -0.15) is 0 Å². The van der Waals surface area contributed by atoms with Gasteiger partial charge in [0.25, 0.3) is 0 Å². The molecule has 2 aliphatic carbocycles. The molecule has 4 unspecified atom stereocenters. The molecule has 0 radical (unpaired) electrons. The Bertz CT molecular complexity index is 526. The van der Waals surface area contributed by atoms with Gasteiger partial charge in [0.05, 0.1) is 12.5 Å². The standard InChI is InChI=1S/C21H34O4/c1-14(2)15-7-8-16(17(23)13-15)20(3)10-6-11-21(4,19(24)25-5)18(20)9-12-22/h12,14-16,18H,6-11,13H2,1-5H3/t15?,16?,18?,20?,21-/m1/s1. The van der Waals surface area contributed by atoms with Gasteiger partial charge in [-0.15, -0.1) is 0 Å². The maximum atomic E-state index is 13.0. The lowest BCUT2D eigenvalue weighted by Crippen LogP contribution is -2.54. The van der Waals surface area contributed by atoms with Crippen LogP contribution in [0.25, 0.3) is 0 Å². The van der Waals surface area contributed by atoms with Crippen LogP contribution in [0.5, 0.6) is 0 Å². The van der Waals surface area contributed by atoms with E-state index >= 15 is 0 Å². The number of carbonyl (C=O) groups is 3. The summed E-state index contributed by atoms with van der Waals surface area (Å²) < 4.78 is 5.09. The summed E-state index contributed by atoms with van der Waals surface area (Å²) in [5, 5.41) is 0. The Hall–Kier alpha value is -1.19. The highest BCUT2D eigenvalue weighted by atomic mass is 16.5. The molecule has 0 spiro atoms. The number of carbonyl (C=O) groups excluding carboxylic acids is 3. The highest BCUT2D eigenvalue weighted by molar-refractivity contribution is 5.83. The maximum absolute atomic E-state index is 13.0. The van der Waals surface area contributed by atoms with Gasteiger partial charge >= 0.3 is 5.97 Å². The zero-order valence-electron chi connectivity index (χ0n) is 16.5. The molecule has 2 aliphatic rings. The Morgan fingerprint density at radius 1 is 1.28 bits per heavy atom. The summed E-state index contributed by atoms with van der Waals surface area (Å²) in [5.41, 5.74) is -0.987. The summed E-state index contributed by atoms with van der Waals surface area (Å²) in [6.45, 7) is 8.43. The van der Waals surface area contributed by atoms with Crippen molar-refractivity contribution in [2.75, 3.05) is 7.11 Å². The second-order valence-electron chi connectivity index (χ2n) is 9.03. The summed E-state index contributed by atoms with van der Waals surface area (Å²) in [5.74, 6) is 0.897. The number of aldehydes is 1. The Morgan fingerprint density at radius 3 is 2.48 bits per heavy atom. The minimum atomic E-state index is -0.683. The van der Waals surface area contributed by atoms with Crippen LogP contribution in [0.1, 0.15) is 72.6 Å². The fourth-order valence-electron chi connectivity index (χ4n) is 5.74. The van der Waals surface area contributed by atoms with E-state index in [1.165, 1.54) is 7.11 Å². The van der Waals surface area contributed by atoms with Gasteiger partial charge < -0.3 is 9.53 Å². The van der Waals surface area contributed by atoms with Crippen LogP contribution in [-0.2, 0) is 19.1 Å². The van der Waals surface area contributed by atoms with Gasteiger partial charge in [0.15, 0.2) is 0 Å². The third kappa shape index (κ3) is 3.54. The number of Topliss-reactive ketones (excluding diaryl/α,β-unsaturated/α-hetero) is 1. The number of ketones is 1. The van der Waals surface area contributed by atoms with Crippen molar-refractivity contribution < 1.29 is 19.1 Å². The molecule has 0 bridgehead atoms. The molecular weight excluding hydrogens is 316 g/mol. The number of hydrogen-bond donors (Lipinski definition) is 0. The smallest absolute Gasteiger partial charge is 0.311 e. The van der Waals surface area contributed by atoms with Crippen LogP contribution < -0.4 is 0 Å². The van der Waals surface area contributed by atoms with Gasteiger partial charge in [0.2, 0.25) is 0 Å². The Labute approximate surface area is 152 Å². The van der Waals surface area contributed by atoms with E-state index in [0.29, 0.717) is 30.5 Å². The third-order valence-corrected chi connectivity index (χ3v) is 7.38. The second-order valence-corrected chi connectivity index (χ2v) is 9.03. The molecule has 4 nitrogen and oxygen atoms in total. The van der Waals surface area contributed by atoms with Crippen molar-refractivity contribution in [2.45, 2.75) is 72.6 Å². The Morgan fingerprint density at radius 2 is 1.96 bits per heavy atom. The summed E-state index contributed by atoms with van der Waals surface area (Å²) in [4.78, 5) is 37.0. The molecule has 2 saturated carbocycles. The van der Waals surface area contributed by atoms with Crippen LogP contribution in [-0.4, -0.2) is 25.1 Å². The van der Waals surface area contributed by atoms with Crippen LogP contribution >= 0.6 is 0 Å². The first-order valence-electron chi connectivity index (χ1n) is 9.75. The first kappa shape index (κ1) is 20.1. The van der Waals surface area contributed by atoms with Gasteiger partial charge in [0, 0.05) is 18.8 Å². The second kappa shape index (κ2) is 7.59. The predicted molar refractivity (Wildman–Crippen MR) is 96.9 cm³/mol. The summed E-state index contributed by atoms with van der Waals surface area (Å²) in [6.07, 6.45) is 6.34. The van der Waals surface area contributed by atoms with Crippen molar-refractivity contribution in [2.24, 2.45) is 34.5 Å². The first-order chi connectivity index (χ1) is 11.7. The molecule has 142 valence electrons. The Balaban J connectivity index is 2.34. The molecule has 0 heterocycles. The molecule has 5 atom stereocenters. The van der Waals surface area contributed by atoms with Crippen molar-refractivity contribution in [3.8, 4) is 0 Å². The molecule has 2 rings (SSSR count). The molecule has 0 aliphatic heterocycles. The summed E-state index contributed by atoms with van der Waals surface area (Å²) >= 11 is 0. The minimum Gasteiger partial charge on any atom is -0.469 e. The molecule has 0 N–H and O–H groups in total.